The number of Topliss-reactive ketones (excluding diaryl/α,β-unsaturated/α-hetero) is 2. The van der Waals surface area contributed by atoms with E-state index < -0.39 is 0 Å². The maximum atomic E-state index is 12.4. The van der Waals surface area contributed by atoms with E-state index in [1.54, 1.807) is 19.3 Å². The van der Waals surface area contributed by atoms with Crippen LogP contribution in [-0.2, 0) is 0 Å². The zero-order valence-corrected chi connectivity index (χ0v) is 16.9. The average molecular weight is 499 g/mol. The predicted molar refractivity (Wildman–Crippen MR) is 93.2 cm³/mol. The zero-order valence-electron chi connectivity index (χ0n) is 10.9. The van der Waals surface area contributed by atoms with Gasteiger partial charge in [-0.1, -0.05) is 0 Å². The van der Waals surface area contributed by atoms with Gasteiger partial charge >= 0.3 is 148 Å². The molecule has 106 valence electrons. The molecular weight excluding hydrogens is 493 g/mol. The van der Waals surface area contributed by atoms with Gasteiger partial charge in [-0.3, -0.25) is 0 Å². The van der Waals surface area contributed by atoms with E-state index in [1.807, 2.05) is 6.08 Å². The summed E-state index contributed by atoms with van der Waals surface area (Å²) in [5, 5.41) is 3.57. The van der Waals surface area contributed by atoms with Gasteiger partial charge in [0.05, 0.1) is 0 Å². The molecule has 6 heteroatoms. The molecular formula is C16H6O2SSe3. The van der Waals surface area contributed by atoms with Gasteiger partial charge in [-0.2, -0.15) is 0 Å². The fourth-order valence-electron chi connectivity index (χ4n) is 2.67. The SMILES string of the molecule is O=C1C(=Cc2cc3[se]c4cc[se]c4c3[se]2)C(=O)c2cscc21. The van der Waals surface area contributed by atoms with Crippen molar-refractivity contribution in [3.8, 4) is 0 Å². The first-order valence-corrected chi connectivity index (χ1v) is 12.7. The van der Waals surface area contributed by atoms with Gasteiger partial charge < -0.3 is 0 Å². The number of hydrogen-bond acceptors (Lipinski definition) is 3. The molecule has 0 spiro atoms. The summed E-state index contributed by atoms with van der Waals surface area (Å²) in [5.41, 5.74) is 1.54. The summed E-state index contributed by atoms with van der Waals surface area (Å²) in [4.78, 5) is 27.0. The van der Waals surface area contributed by atoms with Crippen LogP contribution in [0.1, 0.15) is 25.2 Å². The molecule has 0 atom stereocenters. The first-order valence-electron chi connectivity index (χ1n) is 6.49. The van der Waals surface area contributed by atoms with Crippen molar-refractivity contribution in [1.82, 2.24) is 0 Å². The van der Waals surface area contributed by atoms with Crippen LogP contribution in [0.25, 0.3) is 23.1 Å². The molecule has 0 saturated heterocycles. The molecule has 0 unspecified atom stereocenters. The van der Waals surface area contributed by atoms with E-state index >= 15 is 0 Å². The van der Waals surface area contributed by atoms with Crippen LogP contribution in [0.15, 0.2) is 33.4 Å². The van der Waals surface area contributed by atoms with Crippen LogP contribution in [0.2, 0.25) is 0 Å². The Kier molecular flexibility index (Phi) is 3.05. The molecule has 0 saturated carbocycles. The Balaban J connectivity index is 1.66. The van der Waals surface area contributed by atoms with Crippen LogP contribution in [-0.4, -0.2) is 55.1 Å². The molecule has 4 aromatic heterocycles. The molecule has 0 radical (unpaired) electrons. The topological polar surface area (TPSA) is 34.1 Å². The minimum absolute atomic E-state index is 0.0952. The van der Waals surface area contributed by atoms with Crippen LogP contribution in [0.4, 0.5) is 0 Å². The van der Waals surface area contributed by atoms with Gasteiger partial charge in [0.1, 0.15) is 0 Å². The second kappa shape index (κ2) is 4.90. The number of rotatable bonds is 1. The average Bonchev–Trinajstić information content (AvgIpc) is 3.24. The monoisotopic (exact) mass is 502 g/mol. The number of hydrogen-bond donors (Lipinski definition) is 0. The molecule has 1 aliphatic carbocycles. The second-order valence-electron chi connectivity index (χ2n) is 4.97. The summed E-state index contributed by atoms with van der Waals surface area (Å²) in [6.45, 7) is 0. The van der Waals surface area contributed by atoms with Crippen molar-refractivity contribution in [2.45, 2.75) is 0 Å². The Morgan fingerprint density at radius 2 is 1.73 bits per heavy atom. The molecule has 0 aromatic carbocycles. The number of allylic oxidation sites excluding steroid dienone is 1. The number of thiophene rings is 1. The van der Waals surface area contributed by atoms with E-state index in [0.717, 1.165) is 0 Å². The molecule has 0 bridgehead atoms. The Hall–Kier alpha value is -0.702. The number of fused-ring (bicyclic) bond motifs is 4. The quantitative estimate of drug-likeness (QED) is 0.230. The van der Waals surface area contributed by atoms with E-state index in [9.17, 15) is 9.59 Å². The van der Waals surface area contributed by atoms with Crippen molar-refractivity contribution in [3.05, 3.63) is 49.0 Å². The van der Waals surface area contributed by atoms with E-state index in [-0.39, 0.29) is 26.1 Å². The van der Waals surface area contributed by atoms with E-state index in [2.05, 4.69) is 17.1 Å². The summed E-state index contributed by atoms with van der Waals surface area (Å²) >= 11 is 2.61. The fourth-order valence-corrected chi connectivity index (χ4v) is 13.4. The van der Waals surface area contributed by atoms with Crippen molar-refractivity contribution >= 4 is 89.5 Å². The zero-order chi connectivity index (χ0) is 14.8. The third kappa shape index (κ3) is 1.84. The molecule has 1 aliphatic rings. The standard InChI is InChI=1S/C16H6O2SSe3/c17-13-8(14(18)10-6-19-5-9(10)13)3-7-4-12-16(21-7)15-11(22-12)1-2-20-15/h1-6H. The van der Waals surface area contributed by atoms with Gasteiger partial charge in [-0.15, -0.1) is 0 Å². The molecule has 5 rings (SSSR count). The molecule has 0 aliphatic heterocycles. The van der Waals surface area contributed by atoms with Crippen molar-refractivity contribution in [2.24, 2.45) is 0 Å². The fraction of sp³-hybridized carbons (Fsp3) is 0. The van der Waals surface area contributed by atoms with Crippen LogP contribution >= 0.6 is 11.3 Å². The third-order valence-electron chi connectivity index (χ3n) is 3.70. The third-order valence-corrected chi connectivity index (χ3v) is 13.0. The van der Waals surface area contributed by atoms with Gasteiger partial charge in [0, 0.05) is 0 Å². The van der Waals surface area contributed by atoms with Crippen LogP contribution in [0, 0.1) is 0 Å². The first-order chi connectivity index (χ1) is 10.7. The minimum atomic E-state index is -0.0952. The maximum absolute atomic E-state index is 12.4. The molecule has 2 nitrogen and oxygen atoms in total. The van der Waals surface area contributed by atoms with Crippen LogP contribution in [0.5, 0.6) is 0 Å². The Morgan fingerprint density at radius 3 is 2.50 bits per heavy atom. The summed E-state index contributed by atoms with van der Waals surface area (Å²) in [6, 6.07) is 4.52. The van der Waals surface area contributed by atoms with E-state index in [1.165, 1.54) is 24.3 Å². The van der Waals surface area contributed by atoms with Crippen molar-refractivity contribution < 1.29 is 9.59 Å². The van der Waals surface area contributed by atoms with Crippen LogP contribution < -0.4 is 0 Å². The van der Waals surface area contributed by atoms with Gasteiger partial charge in [0.15, 0.2) is 0 Å². The molecule has 0 amide bonds. The molecule has 22 heavy (non-hydrogen) atoms. The van der Waals surface area contributed by atoms with Crippen molar-refractivity contribution in [1.29, 1.82) is 0 Å². The number of ketones is 2. The predicted octanol–water partition coefficient (Wildman–Crippen LogP) is 2.69. The van der Waals surface area contributed by atoms with Gasteiger partial charge in [0.2, 0.25) is 0 Å². The first kappa shape index (κ1) is 13.7. The Morgan fingerprint density at radius 1 is 0.955 bits per heavy atom. The van der Waals surface area contributed by atoms with Gasteiger partial charge in [0.25, 0.3) is 0 Å². The number of carbonyl (C=O) groups excluding carboxylic acids is 2. The van der Waals surface area contributed by atoms with Gasteiger partial charge in [-0.05, 0) is 0 Å². The van der Waals surface area contributed by atoms with Gasteiger partial charge in [-0.25, -0.2) is 0 Å². The second-order valence-corrected chi connectivity index (χ2v) is 12.2. The van der Waals surface area contributed by atoms with Crippen molar-refractivity contribution in [3.63, 3.8) is 0 Å². The summed E-state index contributed by atoms with van der Waals surface area (Å²) in [6.07, 6.45) is 1.86. The summed E-state index contributed by atoms with van der Waals surface area (Å²) in [5.74, 6) is -0.190. The summed E-state index contributed by atoms with van der Waals surface area (Å²) in [7, 11) is 0. The van der Waals surface area contributed by atoms with E-state index in [0.29, 0.717) is 45.7 Å². The van der Waals surface area contributed by atoms with Crippen molar-refractivity contribution in [2.75, 3.05) is 0 Å². The molecule has 4 heterocycles. The normalized spacial score (nSPS) is 14.5. The Labute approximate surface area is 147 Å². The Bertz CT molecular complexity index is 1090. The van der Waals surface area contributed by atoms with E-state index in [4.69, 9.17) is 0 Å². The van der Waals surface area contributed by atoms with Crippen LogP contribution in [0.3, 0.4) is 0 Å². The molecule has 0 fully saturated rings. The number of carbonyl (C=O) groups is 2. The molecule has 4 aromatic rings. The summed E-state index contributed by atoms with van der Waals surface area (Å²) < 4.78 is 7.32. The molecule has 0 N–H and O–H groups in total.